The van der Waals surface area contributed by atoms with Crippen molar-refractivity contribution in [2.45, 2.75) is 19.9 Å². The average Bonchev–Trinajstić information content (AvgIpc) is 3.12. The number of para-hydroxylation sites is 1. The number of halogens is 1. The first-order chi connectivity index (χ1) is 13.4. The minimum absolute atomic E-state index is 0.375. The topological polar surface area (TPSA) is 96.0 Å². The molecule has 0 aliphatic heterocycles. The first-order valence-corrected chi connectivity index (χ1v) is 10.1. The molecular formula is C19H18BrN5O2S. The summed E-state index contributed by atoms with van der Waals surface area (Å²) in [4.78, 5) is 24.4. The monoisotopic (exact) mass is 459 g/mol. The number of anilines is 2. The van der Waals surface area contributed by atoms with Gasteiger partial charge in [-0.05, 0) is 41.9 Å². The predicted octanol–water partition coefficient (Wildman–Crippen LogP) is 4.42. The number of carbonyl (C=O) groups is 2. The average molecular weight is 460 g/mol. The molecule has 0 saturated heterocycles. The molecule has 3 amide bonds. The smallest absolute Gasteiger partial charge is 0.319 e. The fourth-order valence-corrected chi connectivity index (χ4v) is 3.42. The second-order valence-corrected chi connectivity index (χ2v) is 7.90. The lowest BCUT2D eigenvalue weighted by molar-refractivity contribution is -0.117. The fourth-order valence-electron chi connectivity index (χ4n) is 2.28. The van der Waals surface area contributed by atoms with Gasteiger partial charge in [0.15, 0.2) is 0 Å². The number of hydrogen-bond acceptors (Lipinski definition) is 5. The third-order valence-electron chi connectivity index (χ3n) is 3.82. The van der Waals surface area contributed by atoms with E-state index < -0.39 is 12.1 Å². The van der Waals surface area contributed by atoms with Gasteiger partial charge in [0.25, 0.3) is 0 Å². The first-order valence-electron chi connectivity index (χ1n) is 8.46. The molecule has 1 atom stereocenters. The summed E-state index contributed by atoms with van der Waals surface area (Å²) in [6.07, 6.45) is 0. The van der Waals surface area contributed by atoms with Gasteiger partial charge in [-0.25, -0.2) is 4.79 Å². The lowest BCUT2D eigenvalue weighted by Gasteiger charge is -2.14. The van der Waals surface area contributed by atoms with Gasteiger partial charge in [-0.3, -0.25) is 10.1 Å². The quantitative estimate of drug-likeness (QED) is 0.525. The van der Waals surface area contributed by atoms with Crippen LogP contribution < -0.4 is 16.0 Å². The highest BCUT2D eigenvalue weighted by Gasteiger charge is 2.18. The molecule has 2 aromatic carbocycles. The molecule has 1 aromatic heterocycles. The van der Waals surface area contributed by atoms with Crippen LogP contribution in [0.5, 0.6) is 0 Å². The second-order valence-electron chi connectivity index (χ2n) is 6.07. The molecule has 3 rings (SSSR count). The van der Waals surface area contributed by atoms with Crippen LogP contribution in [-0.4, -0.2) is 28.2 Å². The van der Waals surface area contributed by atoms with Crippen LogP contribution in [0.4, 0.5) is 15.6 Å². The summed E-state index contributed by atoms with van der Waals surface area (Å²) in [5.41, 5.74) is 2.70. The number of benzene rings is 2. The van der Waals surface area contributed by atoms with Crippen molar-refractivity contribution in [3.8, 4) is 10.6 Å². The molecule has 0 radical (unpaired) electrons. The number of hydrogen-bond donors (Lipinski definition) is 3. The highest BCUT2D eigenvalue weighted by Crippen LogP contribution is 2.26. The van der Waals surface area contributed by atoms with Crippen LogP contribution in [-0.2, 0) is 4.79 Å². The van der Waals surface area contributed by atoms with Crippen LogP contribution in [0.3, 0.4) is 0 Å². The molecule has 144 valence electrons. The van der Waals surface area contributed by atoms with Crippen LogP contribution in [0.15, 0.2) is 53.0 Å². The van der Waals surface area contributed by atoms with Gasteiger partial charge in [0.05, 0.1) is 5.69 Å². The summed E-state index contributed by atoms with van der Waals surface area (Å²) in [6.45, 7) is 3.60. The van der Waals surface area contributed by atoms with Gasteiger partial charge in [-0.15, -0.1) is 10.2 Å². The second kappa shape index (κ2) is 8.94. The van der Waals surface area contributed by atoms with E-state index in [1.54, 1.807) is 19.1 Å². The van der Waals surface area contributed by atoms with Gasteiger partial charge in [-0.1, -0.05) is 53.3 Å². The Morgan fingerprint density at radius 2 is 1.75 bits per heavy atom. The molecule has 3 aromatic rings. The van der Waals surface area contributed by atoms with Crippen molar-refractivity contribution in [1.29, 1.82) is 0 Å². The minimum Gasteiger partial charge on any atom is -0.326 e. The maximum absolute atomic E-state index is 12.3. The Labute approximate surface area is 174 Å². The third kappa shape index (κ3) is 5.14. The number of nitrogens with one attached hydrogen (secondary N) is 3. The normalized spacial score (nSPS) is 11.5. The zero-order valence-electron chi connectivity index (χ0n) is 15.2. The summed E-state index contributed by atoms with van der Waals surface area (Å²) >= 11 is 4.63. The first kappa shape index (κ1) is 20.0. The van der Waals surface area contributed by atoms with Gasteiger partial charge in [0.2, 0.25) is 11.0 Å². The Kier molecular flexibility index (Phi) is 6.37. The number of carbonyl (C=O) groups excluding carboxylic acids is 2. The summed E-state index contributed by atoms with van der Waals surface area (Å²) in [6, 6.07) is 13.9. The fraction of sp³-hybridized carbons (Fsp3) is 0.158. The van der Waals surface area contributed by atoms with Crippen LogP contribution in [0, 0.1) is 6.92 Å². The maximum Gasteiger partial charge on any atom is 0.319 e. The van der Waals surface area contributed by atoms with E-state index in [9.17, 15) is 9.59 Å². The van der Waals surface area contributed by atoms with Crippen LogP contribution in [0.1, 0.15) is 12.5 Å². The van der Waals surface area contributed by atoms with E-state index in [1.165, 1.54) is 11.3 Å². The molecule has 0 aliphatic carbocycles. The zero-order valence-corrected chi connectivity index (χ0v) is 17.6. The zero-order chi connectivity index (χ0) is 20.1. The highest BCUT2D eigenvalue weighted by atomic mass is 79.9. The Bertz CT molecular complexity index is 990. The van der Waals surface area contributed by atoms with Crippen molar-refractivity contribution in [1.82, 2.24) is 15.5 Å². The molecule has 1 unspecified atom stereocenters. The molecular weight excluding hydrogens is 442 g/mol. The Morgan fingerprint density at radius 3 is 2.46 bits per heavy atom. The van der Waals surface area contributed by atoms with E-state index in [1.807, 2.05) is 43.3 Å². The molecule has 0 bridgehead atoms. The molecule has 0 fully saturated rings. The van der Waals surface area contributed by atoms with Crippen molar-refractivity contribution < 1.29 is 9.59 Å². The maximum atomic E-state index is 12.3. The third-order valence-corrected chi connectivity index (χ3v) is 5.40. The predicted molar refractivity (Wildman–Crippen MR) is 114 cm³/mol. The Balaban J connectivity index is 1.56. The van der Waals surface area contributed by atoms with Gasteiger partial charge < -0.3 is 10.6 Å². The van der Waals surface area contributed by atoms with Gasteiger partial charge >= 0.3 is 6.03 Å². The van der Waals surface area contributed by atoms with E-state index in [0.29, 0.717) is 15.8 Å². The summed E-state index contributed by atoms with van der Waals surface area (Å²) in [5.74, 6) is -0.381. The molecule has 9 heteroatoms. The largest absolute Gasteiger partial charge is 0.326 e. The van der Waals surface area contributed by atoms with Crippen molar-refractivity contribution in [3.63, 3.8) is 0 Å². The summed E-state index contributed by atoms with van der Waals surface area (Å²) in [7, 11) is 0. The van der Waals surface area contributed by atoms with Crippen molar-refractivity contribution in [2.24, 2.45) is 0 Å². The van der Waals surface area contributed by atoms with E-state index in [-0.39, 0.29) is 5.91 Å². The van der Waals surface area contributed by atoms with E-state index >= 15 is 0 Å². The van der Waals surface area contributed by atoms with Crippen LogP contribution in [0.25, 0.3) is 10.6 Å². The number of amides is 3. The summed E-state index contributed by atoms with van der Waals surface area (Å²) in [5, 5.41) is 17.1. The SMILES string of the molecule is Cc1ccc(-c2nnc(NC(=O)C(C)NC(=O)Nc3ccccc3Br)s2)cc1. The summed E-state index contributed by atoms with van der Waals surface area (Å²) < 4.78 is 0.750. The van der Waals surface area contributed by atoms with Gasteiger partial charge in [0.1, 0.15) is 11.0 Å². The molecule has 7 nitrogen and oxygen atoms in total. The lowest BCUT2D eigenvalue weighted by Crippen LogP contribution is -2.43. The Morgan fingerprint density at radius 1 is 1.04 bits per heavy atom. The minimum atomic E-state index is -0.755. The van der Waals surface area contributed by atoms with E-state index in [0.717, 1.165) is 15.6 Å². The molecule has 1 heterocycles. The van der Waals surface area contributed by atoms with E-state index in [2.05, 4.69) is 42.1 Å². The lowest BCUT2D eigenvalue weighted by atomic mass is 10.2. The van der Waals surface area contributed by atoms with Crippen LogP contribution >= 0.6 is 27.3 Å². The number of rotatable bonds is 5. The molecule has 0 saturated carbocycles. The standard InChI is InChI=1S/C19H18BrN5O2S/c1-11-7-9-13(10-8-11)17-24-25-19(28-17)23-16(26)12(2)21-18(27)22-15-6-4-3-5-14(15)20/h3-10,12H,1-2H3,(H2,21,22,27)(H,23,25,26). The molecule has 3 N–H and O–H groups in total. The number of aromatic nitrogens is 2. The molecule has 28 heavy (non-hydrogen) atoms. The van der Waals surface area contributed by atoms with Crippen molar-refractivity contribution in [2.75, 3.05) is 10.6 Å². The molecule has 0 spiro atoms. The van der Waals surface area contributed by atoms with Crippen LogP contribution in [0.2, 0.25) is 0 Å². The number of nitrogens with zero attached hydrogens (tertiary/aromatic N) is 2. The highest BCUT2D eigenvalue weighted by molar-refractivity contribution is 9.10. The number of aryl methyl sites for hydroxylation is 1. The van der Waals surface area contributed by atoms with Gasteiger partial charge in [0, 0.05) is 10.0 Å². The van der Waals surface area contributed by atoms with Gasteiger partial charge in [-0.2, -0.15) is 0 Å². The molecule has 0 aliphatic rings. The number of urea groups is 1. The Hall–Kier alpha value is -2.78. The van der Waals surface area contributed by atoms with E-state index in [4.69, 9.17) is 0 Å². The van der Waals surface area contributed by atoms with Crippen molar-refractivity contribution >= 4 is 50.0 Å². The van der Waals surface area contributed by atoms with Crippen molar-refractivity contribution in [3.05, 3.63) is 58.6 Å².